The molecule has 0 aliphatic carbocycles. The van der Waals surface area contributed by atoms with E-state index in [1.807, 2.05) is 13.1 Å². The Bertz CT molecular complexity index is 967. The van der Waals surface area contributed by atoms with Gasteiger partial charge < -0.3 is 20.6 Å². The van der Waals surface area contributed by atoms with E-state index in [1.165, 1.54) is 50.6 Å². The molecule has 3 heterocycles. The first-order valence-corrected chi connectivity index (χ1v) is 10.7. The van der Waals surface area contributed by atoms with Crippen LogP contribution in [0.2, 0.25) is 0 Å². The third-order valence-corrected chi connectivity index (χ3v) is 6.30. The average molecular weight is 426 g/mol. The minimum atomic E-state index is -0.558. The number of hydrogen-bond acceptors (Lipinski definition) is 6. The number of carbonyl (C=O) groups is 1. The van der Waals surface area contributed by atoms with Crippen LogP contribution in [0, 0.1) is 5.82 Å². The van der Waals surface area contributed by atoms with Crippen molar-refractivity contribution in [2.45, 2.75) is 50.2 Å². The number of rotatable bonds is 5. The minimum Gasteiger partial charge on any atom is -0.507 e. The number of benzene rings is 1. The highest BCUT2D eigenvalue weighted by Crippen LogP contribution is 2.33. The molecule has 8 heteroatoms. The van der Waals surface area contributed by atoms with E-state index in [-0.39, 0.29) is 22.8 Å². The van der Waals surface area contributed by atoms with Crippen LogP contribution in [0.5, 0.6) is 5.75 Å². The number of carbonyl (C=O) groups excluding carboxylic acids is 1. The predicted molar refractivity (Wildman–Crippen MR) is 118 cm³/mol. The van der Waals surface area contributed by atoms with Crippen molar-refractivity contribution in [3.05, 3.63) is 41.7 Å². The number of nitrogens with one attached hydrogen (secondary N) is 2. The van der Waals surface area contributed by atoms with Crippen molar-refractivity contribution in [2.75, 3.05) is 19.0 Å². The molecule has 164 valence electrons. The monoisotopic (exact) mass is 425 g/mol. The Hall–Kier alpha value is -3.00. The first kappa shape index (κ1) is 21.2. The summed E-state index contributed by atoms with van der Waals surface area (Å²) in [6, 6.07) is 7.64. The molecule has 3 N–H and O–H groups in total. The maximum atomic E-state index is 14.5. The topological polar surface area (TPSA) is 90.4 Å². The Balaban J connectivity index is 1.51. The van der Waals surface area contributed by atoms with Gasteiger partial charge in [0.1, 0.15) is 11.6 Å². The number of likely N-dealkylation sites (N-methyl/N-ethyl adjacent to an activating group) is 1. The number of halogens is 1. The second kappa shape index (κ2) is 9.01. The van der Waals surface area contributed by atoms with Gasteiger partial charge in [0.25, 0.3) is 0 Å². The van der Waals surface area contributed by atoms with Crippen LogP contribution in [0.4, 0.5) is 10.2 Å². The third kappa shape index (κ3) is 4.69. The standard InChI is InChI=1S/C23H28FN5O2/c1-25-23(31)9-6-14-10-21(30)18(13-19(14)24)20-7-8-22(28-27-20)29(2)17-11-15-4-3-5-16(12-17)26-15/h6-10,13,15-17,26,30H,3-5,11-12H2,1-2H3,(H,25,31)/b9-6+/t15-,16+,17?. The quantitative estimate of drug-likeness (QED) is 0.639. The molecule has 1 amide bonds. The molecular weight excluding hydrogens is 397 g/mol. The largest absolute Gasteiger partial charge is 0.507 e. The SMILES string of the molecule is CNC(=O)/C=C/c1cc(O)c(-c2ccc(N(C)C3C[C@H]4CCC[C@@H](C3)N4)nn2)cc1F. The molecular formula is C23H28FN5O2. The Morgan fingerprint density at radius 1 is 1.26 bits per heavy atom. The lowest BCUT2D eigenvalue weighted by molar-refractivity contribution is -0.115. The predicted octanol–water partition coefficient (Wildman–Crippen LogP) is 2.86. The normalized spacial score (nSPS) is 23.0. The van der Waals surface area contributed by atoms with Crippen LogP contribution < -0.4 is 15.5 Å². The van der Waals surface area contributed by atoms with Gasteiger partial charge in [0.2, 0.25) is 5.91 Å². The van der Waals surface area contributed by atoms with Gasteiger partial charge in [-0.3, -0.25) is 4.79 Å². The van der Waals surface area contributed by atoms with Gasteiger partial charge >= 0.3 is 0 Å². The maximum Gasteiger partial charge on any atom is 0.243 e. The van der Waals surface area contributed by atoms with Gasteiger partial charge in [-0.15, -0.1) is 10.2 Å². The second-order valence-electron chi connectivity index (χ2n) is 8.34. The molecule has 0 spiro atoms. The number of anilines is 1. The fraction of sp³-hybridized carbons (Fsp3) is 0.435. The summed E-state index contributed by atoms with van der Waals surface area (Å²) >= 11 is 0. The summed E-state index contributed by atoms with van der Waals surface area (Å²) in [6.45, 7) is 0. The zero-order valence-electron chi connectivity index (χ0n) is 17.8. The van der Waals surface area contributed by atoms with Crippen molar-refractivity contribution in [1.29, 1.82) is 0 Å². The summed E-state index contributed by atoms with van der Waals surface area (Å²) in [6.07, 6.45) is 8.45. The van der Waals surface area contributed by atoms with E-state index in [9.17, 15) is 14.3 Å². The average Bonchev–Trinajstić information content (AvgIpc) is 2.78. The van der Waals surface area contributed by atoms with Gasteiger partial charge in [0.05, 0.1) is 5.69 Å². The summed E-state index contributed by atoms with van der Waals surface area (Å²) in [5.74, 6) is -0.276. The Morgan fingerprint density at radius 2 is 2.00 bits per heavy atom. The summed E-state index contributed by atoms with van der Waals surface area (Å²) in [7, 11) is 3.53. The minimum absolute atomic E-state index is 0.116. The molecule has 2 fully saturated rings. The van der Waals surface area contributed by atoms with Crippen LogP contribution in [0.15, 0.2) is 30.3 Å². The lowest BCUT2D eigenvalue weighted by atomic mass is 9.83. The van der Waals surface area contributed by atoms with Gasteiger partial charge in [-0.25, -0.2) is 4.39 Å². The van der Waals surface area contributed by atoms with Gasteiger partial charge in [-0.05, 0) is 56.0 Å². The van der Waals surface area contributed by atoms with E-state index in [2.05, 4.69) is 25.7 Å². The first-order valence-electron chi connectivity index (χ1n) is 10.7. The summed E-state index contributed by atoms with van der Waals surface area (Å²) in [5.41, 5.74) is 0.760. The Morgan fingerprint density at radius 3 is 2.65 bits per heavy atom. The number of nitrogens with zero attached hydrogens (tertiary/aromatic N) is 3. The van der Waals surface area contributed by atoms with Crippen LogP contribution in [-0.2, 0) is 4.79 Å². The molecule has 3 atom stereocenters. The second-order valence-corrected chi connectivity index (χ2v) is 8.34. The molecule has 1 unspecified atom stereocenters. The van der Waals surface area contributed by atoms with Gasteiger partial charge in [0, 0.05) is 49.4 Å². The fourth-order valence-electron chi connectivity index (χ4n) is 4.56. The number of amides is 1. The van der Waals surface area contributed by atoms with E-state index >= 15 is 0 Å². The first-order chi connectivity index (χ1) is 14.9. The lowest BCUT2D eigenvalue weighted by Gasteiger charge is -2.43. The summed E-state index contributed by atoms with van der Waals surface area (Å²) in [4.78, 5) is 13.5. The molecule has 2 saturated heterocycles. The molecule has 2 aliphatic rings. The van der Waals surface area contributed by atoms with Crippen molar-refractivity contribution in [2.24, 2.45) is 0 Å². The van der Waals surface area contributed by atoms with E-state index < -0.39 is 5.82 Å². The zero-order valence-corrected chi connectivity index (χ0v) is 17.8. The highest BCUT2D eigenvalue weighted by Gasteiger charge is 2.33. The molecule has 7 nitrogen and oxygen atoms in total. The van der Waals surface area contributed by atoms with Crippen molar-refractivity contribution < 1.29 is 14.3 Å². The number of phenolic OH excluding ortho intramolecular Hbond substituents is 1. The molecule has 1 aromatic carbocycles. The fourth-order valence-corrected chi connectivity index (χ4v) is 4.56. The van der Waals surface area contributed by atoms with Gasteiger partial charge in [-0.2, -0.15) is 0 Å². The number of aromatic hydroxyl groups is 1. The van der Waals surface area contributed by atoms with Crippen LogP contribution in [0.3, 0.4) is 0 Å². The highest BCUT2D eigenvalue weighted by molar-refractivity contribution is 5.91. The van der Waals surface area contributed by atoms with Crippen molar-refractivity contribution >= 4 is 17.8 Å². The van der Waals surface area contributed by atoms with Crippen molar-refractivity contribution in [3.63, 3.8) is 0 Å². The molecule has 0 radical (unpaired) electrons. The van der Waals surface area contributed by atoms with Gasteiger partial charge in [0.15, 0.2) is 5.82 Å². The van der Waals surface area contributed by atoms with E-state index in [4.69, 9.17) is 0 Å². The smallest absolute Gasteiger partial charge is 0.243 e. The number of aromatic nitrogens is 2. The van der Waals surface area contributed by atoms with E-state index in [0.29, 0.717) is 23.8 Å². The number of piperidine rings is 2. The molecule has 0 saturated carbocycles. The number of phenols is 1. The third-order valence-electron chi connectivity index (χ3n) is 6.30. The molecule has 4 rings (SSSR count). The highest BCUT2D eigenvalue weighted by atomic mass is 19.1. The molecule has 2 aliphatic heterocycles. The Kier molecular flexibility index (Phi) is 6.18. The molecule has 2 bridgehead atoms. The van der Waals surface area contributed by atoms with Crippen LogP contribution >= 0.6 is 0 Å². The van der Waals surface area contributed by atoms with Crippen LogP contribution in [0.25, 0.3) is 17.3 Å². The van der Waals surface area contributed by atoms with Crippen molar-refractivity contribution in [1.82, 2.24) is 20.8 Å². The lowest BCUT2D eigenvalue weighted by Crippen LogP contribution is -2.54. The molecule has 1 aromatic heterocycles. The molecule has 31 heavy (non-hydrogen) atoms. The summed E-state index contributed by atoms with van der Waals surface area (Å²) < 4.78 is 14.5. The maximum absolute atomic E-state index is 14.5. The Labute approximate surface area is 181 Å². The number of fused-ring (bicyclic) bond motifs is 2. The van der Waals surface area contributed by atoms with Crippen molar-refractivity contribution in [3.8, 4) is 17.0 Å². The summed E-state index contributed by atoms with van der Waals surface area (Å²) in [5, 5.41) is 25.1. The van der Waals surface area contributed by atoms with E-state index in [0.717, 1.165) is 18.7 Å². The van der Waals surface area contributed by atoms with Gasteiger partial charge in [-0.1, -0.05) is 6.42 Å². The van der Waals surface area contributed by atoms with Crippen LogP contribution in [0.1, 0.15) is 37.7 Å². The molecule has 2 aromatic rings. The zero-order chi connectivity index (χ0) is 22.0. The van der Waals surface area contributed by atoms with Crippen LogP contribution in [-0.4, -0.2) is 53.4 Å². The van der Waals surface area contributed by atoms with E-state index in [1.54, 1.807) is 6.07 Å². The number of hydrogen-bond donors (Lipinski definition) is 3.